The maximum atomic E-state index is 5.57. The smallest absolute Gasteiger partial charge is 0.123 e. The van der Waals surface area contributed by atoms with Crippen molar-refractivity contribution in [2.75, 3.05) is 14.2 Å². The fraction of sp³-hybridized carbons (Fsp3) is 0.250. The number of aromatic nitrogens is 1. The third-order valence-corrected chi connectivity index (χ3v) is 3.42. The number of nitrogens with two attached hydrogens (primary N) is 1. The minimum atomic E-state index is 0.513. The molecule has 5 heteroatoms. The fourth-order valence-corrected chi connectivity index (χ4v) is 2.24. The third kappa shape index (κ3) is 2.57. The summed E-state index contributed by atoms with van der Waals surface area (Å²) in [6.45, 7) is 0.513. The normalized spacial score (nSPS) is 10.3. The molecule has 0 bridgehead atoms. The molecule has 0 spiro atoms. The van der Waals surface area contributed by atoms with E-state index in [1.54, 1.807) is 31.8 Å². The number of methoxy groups -OCH3 is 2. The van der Waals surface area contributed by atoms with Crippen LogP contribution in [-0.2, 0) is 6.54 Å². The molecular weight excluding hydrogens is 236 g/mol. The van der Waals surface area contributed by atoms with E-state index in [0.29, 0.717) is 6.54 Å². The van der Waals surface area contributed by atoms with Crippen LogP contribution < -0.4 is 15.2 Å². The first kappa shape index (κ1) is 11.9. The first-order valence-corrected chi connectivity index (χ1v) is 5.96. The van der Waals surface area contributed by atoms with Crippen LogP contribution in [0.1, 0.15) is 4.88 Å². The molecule has 0 fully saturated rings. The van der Waals surface area contributed by atoms with Crippen molar-refractivity contribution in [2.24, 2.45) is 5.73 Å². The molecule has 1 heterocycles. The average molecular weight is 250 g/mol. The van der Waals surface area contributed by atoms with Crippen LogP contribution in [0.4, 0.5) is 0 Å². The quantitative estimate of drug-likeness (QED) is 0.904. The maximum Gasteiger partial charge on any atom is 0.123 e. The molecule has 90 valence electrons. The molecule has 2 aromatic rings. The van der Waals surface area contributed by atoms with Gasteiger partial charge in [0.2, 0.25) is 0 Å². The monoisotopic (exact) mass is 250 g/mol. The second-order valence-corrected chi connectivity index (χ2v) is 4.55. The van der Waals surface area contributed by atoms with Crippen LogP contribution in [0.2, 0.25) is 0 Å². The predicted octanol–water partition coefficient (Wildman–Crippen LogP) is 2.29. The van der Waals surface area contributed by atoms with Crippen molar-refractivity contribution in [2.45, 2.75) is 6.54 Å². The van der Waals surface area contributed by atoms with Crippen LogP contribution in [0.15, 0.2) is 24.4 Å². The number of benzene rings is 1. The van der Waals surface area contributed by atoms with Crippen molar-refractivity contribution in [1.82, 2.24) is 4.98 Å². The molecule has 0 aliphatic carbocycles. The van der Waals surface area contributed by atoms with Crippen LogP contribution in [-0.4, -0.2) is 19.2 Å². The molecular formula is C12H14N2O2S. The van der Waals surface area contributed by atoms with E-state index in [0.717, 1.165) is 26.9 Å². The summed E-state index contributed by atoms with van der Waals surface area (Å²) in [5.41, 5.74) is 6.55. The van der Waals surface area contributed by atoms with Gasteiger partial charge in [-0.3, -0.25) is 0 Å². The zero-order chi connectivity index (χ0) is 12.3. The lowest BCUT2D eigenvalue weighted by Crippen LogP contribution is -1.91. The Kier molecular flexibility index (Phi) is 3.61. The summed E-state index contributed by atoms with van der Waals surface area (Å²) in [4.78, 5) is 5.39. The second-order valence-electron chi connectivity index (χ2n) is 3.44. The van der Waals surface area contributed by atoms with Gasteiger partial charge in [-0.05, 0) is 12.1 Å². The van der Waals surface area contributed by atoms with Gasteiger partial charge in [0, 0.05) is 29.2 Å². The van der Waals surface area contributed by atoms with Gasteiger partial charge < -0.3 is 15.2 Å². The molecule has 1 aromatic carbocycles. The van der Waals surface area contributed by atoms with Crippen LogP contribution in [0.5, 0.6) is 11.5 Å². The largest absolute Gasteiger partial charge is 0.497 e. The number of rotatable bonds is 4. The zero-order valence-electron chi connectivity index (χ0n) is 9.77. The van der Waals surface area contributed by atoms with Gasteiger partial charge in [-0.2, -0.15) is 0 Å². The van der Waals surface area contributed by atoms with Crippen molar-refractivity contribution in [3.63, 3.8) is 0 Å². The summed E-state index contributed by atoms with van der Waals surface area (Å²) in [5, 5.41) is 0.919. The van der Waals surface area contributed by atoms with Gasteiger partial charge in [-0.25, -0.2) is 4.98 Å². The number of ether oxygens (including phenoxy) is 2. The van der Waals surface area contributed by atoms with Crippen LogP contribution in [0, 0.1) is 0 Å². The Labute approximate surface area is 104 Å². The lowest BCUT2D eigenvalue weighted by atomic mass is 10.2. The summed E-state index contributed by atoms with van der Waals surface area (Å²) in [6, 6.07) is 5.70. The molecule has 0 amide bonds. The standard InChI is InChI=1S/C12H14N2O2S/c1-15-9-3-8(4-10(5-9)16-2)12-14-7-11(6-13)17-12/h3-5,7H,6,13H2,1-2H3. The van der Waals surface area contributed by atoms with E-state index < -0.39 is 0 Å². The topological polar surface area (TPSA) is 57.4 Å². The van der Waals surface area contributed by atoms with Crippen LogP contribution in [0.25, 0.3) is 10.6 Å². The van der Waals surface area contributed by atoms with E-state index in [2.05, 4.69) is 4.98 Å². The third-order valence-electron chi connectivity index (χ3n) is 2.35. The first-order chi connectivity index (χ1) is 8.26. The molecule has 2 rings (SSSR count). The van der Waals surface area contributed by atoms with Crippen molar-refractivity contribution >= 4 is 11.3 Å². The molecule has 17 heavy (non-hydrogen) atoms. The van der Waals surface area contributed by atoms with E-state index in [1.165, 1.54) is 0 Å². The van der Waals surface area contributed by atoms with E-state index >= 15 is 0 Å². The Hall–Kier alpha value is -1.59. The number of hydrogen-bond donors (Lipinski definition) is 1. The summed E-state index contributed by atoms with van der Waals surface area (Å²) in [6.07, 6.45) is 1.80. The zero-order valence-corrected chi connectivity index (χ0v) is 10.6. The SMILES string of the molecule is COc1cc(OC)cc(-c2ncc(CN)s2)c1. The molecule has 0 aliphatic heterocycles. The highest BCUT2D eigenvalue weighted by Gasteiger charge is 2.07. The average Bonchev–Trinajstić information content (AvgIpc) is 2.86. The fourth-order valence-electron chi connectivity index (χ4n) is 1.47. The lowest BCUT2D eigenvalue weighted by molar-refractivity contribution is 0.394. The Balaban J connectivity index is 2.43. The molecule has 0 saturated carbocycles. The highest BCUT2D eigenvalue weighted by molar-refractivity contribution is 7.15. The number of hydrogen-bond acceptors (Lipinski definition) is 5. The minimum Gasteiger partial charge on any atom is -0.497 e. The molecule has 1 aromatic heterocycles. The van der Waals surface area contributed by atoms with E-state index in [-0.39, 0.29) is 0 Å². The van der Waals surface area contributed by atoms with E-state index in [9.17, 15) is 0 Å². The van der Waals surface area contributed by atoms with Gasteiger partial charge in [0.1, 0.15) is 16.5 Å². The molecule has 0 radical (unpaired) electrons. The van der Waals surface area contributed by atoms with Gasteiger partial charge in [0.05, 0.1) is 14.2 Å². The number of thiazole rings is 1. The van der Waals surface area contributed by atoms with Gasteiger partial charge in [0.15, 0.2) is 0 Å². The highest BCUT2D eigenvalue weighted by Crippen LogP contribution is 2.31. The summed E-state index contributed by atoms with van der Waals surface area (Å²) in [7, 11) is 3.26. The van der Waals surface area contributed by atoms with Gasteiger partial charge in [-0.1, -0.05) is 0 Å². The lowest BCUT2D eigenvalue weighted by Gasteiger charge is -2.06. The Morgan fingerprint density at radius 3 is 2.29 bits per heavy atom. The molecule has 0 atom stereocenters. The van der Waals surface area contributed by atoms with E-state index in [4.69, 9.17) is 15.2 Å². The Bertz CT molecular complexity index is 489. The van der Waals surface area contributed by atoms with E-state index in [1.807, 2.05) is 18.2 Å². The summed E-state index contributed by atoms with van der Waals surface area (Å²) >= 11 is 1.58. The molecule has 0 unspecified atom stereocenters. The number of nitrogens with zero attached hydrogens (tertiary/aromatic N) is 1. The van der Waals surface area contributed by atoms with Crippen molar-refractivity contribution in [3.05, 3.63) is 29.3 Å². The summed E-state index contributed by atoms with van der Waals surface area (Å²) < 4.78 is 10.4. The van der Waals surface area contributed by atoms with Crippen LogP contribution >= 0.6 is 11.3 Å². The molecule has 2 N–H and O–H groups in total. The molecule has 0 aliphatic rings. The Morgan fingerprint density at radius 1 is 1.18 bits per heavy atom. The minimum absolute atomic E-state index is 0.513. The predicted molar refractivity (Wildman–Crippen MR) is 68.5 cm³/mol. The van der Waals surface area contributed by atoms with Crippen molar-refractivity contribution < 1.29 is 9.47 Å². The van der Waals surface area contributed by atoms with Gasteiger partial charge in [0.25, 0.3) is 0 Å². The first-order valence-electron chi connectivity index (χ1n) is 5.15. The van der Waals surface area contributed by atoms with Gasteiger partial charge in [-0.15, -0.1) is 11.3 Å². The summed E-state index contributed by atoms with van der Waals surface area (Å²) in [5.74, 6) is 1.51. The molecule has 4 nitrogen and oxygen atoms in total. The van der Waals surface area contributed by atoms with Crippen molar-refractivity contribution in [3.8, 4) is 22.1 Å². The van der Waals surface area contributed by atoms with Gasteiger partial charge >= 0.3 is 0 Å². The Morgan fingerprint density at radius 2 is 1.82 bits per heavy atom. The molecule has 0 saturated heterocycles. The van der Waals surface area contributed by atoms with Crippen LogP contribution in [0.3, 0.4) is 0 Å². The van der Waals surface area contributed by atoms with Crippen molar-refractivity contribution in [1.29, 1.82) is 0 Å². The maximum absolute atomic E-state index is 5.57. The second kappa shape index (κ2) is 5.16. The highest BCUT2D eigenvalue weighted by atomic mass is 32.1.